The Kier molecular flexibility index (Phi) is 8.23. The van der Waals surface area contributed by atoms with Gasteiger partial charge in [0.05, 0.1) is 18.8 Å². The average Bonchev–Trinajstić information content (AvgIpc) is 3.11. The van der Waals surface area contributed by atoms with Gasteiger partial charge in [-0.15, -0.1) is 6.58 Å². The Morgan fingerprint density at radius 3 is 1.97 bits per heavy atom. The molecule has 196 valence electrons. The van der Waals surface area contributed by atoms with Crippen LogP contribution in [0.1, 0.15) is 61.8 Å². The second-order valence-electron chi connectivity index (χ2n) is 12.0. The second kappa shape index (κ2) is 10.5. The lowest BCUT2D eigenvalue weighted by Crippen LogP contribution is -2.69. The molecule has 2 aromatic carbocycles. The van der Waals surface area contributed by atoms with Gasteiger partial charge in [-0.25, -0.2) is 4.79 Å². The number of amides is 1. The van der Waals surface area contributed by atoms with Crippen LogP contribution < -0.4 is 10.4 Å². The molecular weight excluding hydrogens is 466 g/mol. The minimum atomic E-state index is -2.86. The SMILES string of the molecule is C=CC[C@H](O[Si](c1ccccc1)(c1ccccc1)C(C)(C)C)[C@H]1COC(C)(C)N1C(=O)OC(C)(C)C. The van der Waals surface area contributed by atoms with E-state index in [2.05, 4.69) is 75.9 Å². The van der Waals surface area contributed by atoms with Gasteiger partial charge in [0.25, 0.3) is 8.32 Å². The largest absolute Gasteiger partial charge is 0.444 e. The molecule has 0 radical (unpaired) electrons. The van der Waals surface area contributed by atoms with Crippen molar-refractivity contribution >= 4 is 24.8 Å². The van der Waals surface area contributed by atoms with Crippen molar-refractivity contribution in [3.05, 3.63) is 73.3 Å². The maximum absolute atomic E-state index is 13.5. The molecule has 6 heteroatoms. The predicted octanol–water partition coefficient (Wildman–Crippen LogP) is 5.88. The summed E-state index contributed by atoms with van der Waals surface area (Å²) >= 11 is 0. The topological polar surface area (TPSA) is 48.0 Å². The molecule has 1 aliphatic rings. The molecule has 1 saturated heterocycles. The van der Waals surface area contributed by atoms with Crippen molar-refractivity contribution in [1.82, 2.24) is 4.90 Å². The highest BCUT2D eigenvalue weighted by molar-refractivity contribution is 6.99. The Labute approximate surface area is 218 Å². The Hall–Kier alpha value is -2.41. The molecule has 0 aliphatic carbocycles. The van der Waals surface area contributed by atoms with E-state index in [4.69, 9.17) is 13.9 Å². The Bertz CT molecular complexity index is 985. The summed E-state index contributed by atoms with van der Waals surface area (Å²) in [6.45, 7) is 20.6. The fourth-order valence-corrected chi connectivity index (χ4v) is 9.86. The summed E-state index contributed by atoms with van der Waals surface area (Å²) in [7, 11) is -2.86. The molecule has 3 rings (SSSR count). The number of benzene rings is 2. The van der Waals surface area contributed by atoms with E-state index >= 15 is 0 Å². The van der Waals surface area contributed by atoms with Crippen molar-refractivity contribution in [2.24, 2.45) is 0 Å². The molecule has 2 aromatic rings. The maximum Gasteiger partial charge on any atom is 0.412 e. The molecule has 0 bridgehead atoms. The van der Waals surface area contributed by atoms with Crippen molar-refractivity contribution in [3.63, 3.8) is 0 Å². The predicted molar refractivity (Wildman–Crippen MR) is 149 cm³/mol. The summed E-state index contributed by atoms with van der Waals surface area (Å²) in [4.78, 5) is 15.2. The van der Waals surface area contributed by atoms with Crippen LogP contribution in [0.25, 0.3) is 0 Å². The van der Waals surface area contributed by atoms with Gasteiger partial charge in [-0.1, -0.05) is 87.5 Å². The number of ether oxygens (including phenoxy) is 2. The van der Waals surface area contributed by atoms with Crippen LogP contribution in [-0.2, 0) is 13.9 Å². The van der Waals surface area contributed by atoms with Gasteiger partial charge >= 0.3 is 6.09 Å². The van der Waals surface area contributed by atoms with Gasteiger partial charge in [0.2, 0.25) is 0 Å². The average molecular weight is 510 g/mol. The lowest BCUT2D eigenvalue weighted by Gasteiger charge is -2.47. The molecule has 1 heterocycles. The van der Waals surface area contributed by atoms with Crippen molar-refractivity contribution in [3.8, 4) is 0 Å². The van der Waals surface area contributed by atoms with Crippen LogP contribution in [0.2, 0.25) is 5.04 Å². The number of carbonyl (C=O) groups excluding carboxylic acids is 1. The molecule has 2 atom stereocenters. The smallest absolute Gasteiger partial charge is 0.412 e. The second-order valence-corrected chi connectivity index (χ2v) is 16.3. The third-order valence-corrected chi connectivity index (χ3v) is 11.7. The molecule has 5 nitrogen and oxygen atoms in total. The summed E-state index contributed by atoms with van der Waals surface area (Å²) in [5, 5.41) is 2.19. The van der Waals surface area contributed by atoms with Crippen LogP contribution >= 0.6 is 0 Å². The lowest BCUT2D eigenvalue weighted by atomic mass is 10.1. The Balaban J connectivity index is 2.15. The molecule has 0 aromatic heterocycles. The minimum absolute atomic E-state index is 0.194. The fourth-order valence-electron chi connectivity index (χ4n) is 5.14. The summed E-state index contributed by atoms with van der Waals surface area (Å²) in [5.41, 5.74) is -1.44. The molecular formula is C30H43NO4Si. The van der Waals surface area contributed by atoms with Crippen molar-refractivity contribution < 1.29 is 18.7 Å². The summed E-state index contributed by atoms with van der Waals surface area (Å²) in [6, 6.07) is 20.8. The molecule has 1 fully saturated rings. The van der Waals surface area contributed by atoms with E-state index in [1.54, 1.807) is 4.90 Å². The van der Waals surface area contributed by atoms with E-state index in [0.717, 1.165) is 0 Å². The normalized spacial score (nSPS) is 19.1. The highest BCUT2D eigenvalue weighted by Crippen LogP contribution is 2.40. The standard InChI is InChI=1S/C30H43NO4Si/c1-10-17-26(25-22-33-30(8,9)31(25)27(32)34-28(2,3)4)35-36(29(5,6)7,23-18-13-11-14-19-23)24-20-15-12-16-21-24/h10-16,18-21,25-26H,1,17,22H2,2-9H3/t25-,26+/m1/s1. The number of carbonyl (C=O) groups is 1. The fraction of sp³-hybridized carbons (Fsp3) is 0.500. The molecule has 0 N–H and O–H groups in total. The molecule has 0 saturated carbocycles. The maximum atomic E-state index is 13.5. The van der Waals surface area contributed by atoms with Crippen LogP contribution in [0.5, 0.6) is 0 Å². The van der Waals surface area contributed by atoms with Gasteiger partial charge in [0, 0.05) is 0 Å². The summed E-state index contributed by atoms with van der Waals surface area (Å²) in [6.07, 6.45) is 1.73. The van der Waals surface area contributed by atoms with Gasteiger partial charge in [0.1, 0.15) is 11.3 Å². The molecule has 0 unspecified atom stereocenters. The molecule has 1 aliphatic heterocycles. The zero-order valence-electron chi connectivity index (χ0n) is 23.2. The summed E-state index contributed by atoms with van der Waals surface area (Å²) < 4.78 is 19.4. The van der Waals surface area contributed by atoms with Crippen molar-refractivity contribution in [2.75, 3.05) is 6.61 Å². The number of rotatable bonds is 7. The first-order chi connectivity index (χ1) is 16.7. The van der Waals surface area contributed by atoms with Gasteiger partial charge in [0.15, 0.2) is 0 Å². The van der Waals surface area contributed by atoms with Gasteiger partial charge in [-0.05, 0) is 56.5 Å². The lowest BCUT2D eigenvalue weighted by molar-refractivity contribution is -0.0669. The van der Waals surface area contributed by atoms with Crippen LogP contribution in [0.3, 0.4) is 0 Å². The first-order valence-electron chi connectivity index (χ1n) is 12.8. The van der Waals surface area contributed by atoms with Crippen molar-refractivity contribution in [2.45, 2.75) is 90.3 Å². The first kappa shape index (κ1) is 28.2. The van der Waals surface area contributed by atoms with E-state index in [0.29, 0.717) is 13.0 Å². The van der Waals surface area contributed by atoms with Crippen LogP contribution in [-0.4, -0.2) is 49.4 Å². The van der Waals surface area contributed by atoms with Crippen molar-refractivity contribution in [1.29, 1.82) is 0 Å². The van der Waals surface area contributed by atoms with Gasteiger partial charge in [-0.2, -0.15) is 0 Å². The van der Waals surface area contributed by atoms with Gasteiger partial charge < -0.3 is 13.9 Å². The van der Waals surface area contributed by atoms with E-state index < -0.39 is 25.7 Å². The van der Waals surface area contributed by atoms with Crippen LogP contribution in [0.15, 0.2) is 73.3 Å². The van der Waals surface area contributed by atoms with E-state index in [9.17, 15) is 4.79 Å². The Morgan fingerprint density at radius 1 is 1.06 bits per heavy atom. The number of hydrogen-bond donors (Lipinski definition) is 0. The van der Waals surface area contributed by atoms with Crippen LogP contribution in [0.4, 0.5) is 4.79 Å². The zero-order chi connectivity index (χ0) is 26.8. The quantitative estimate of drug-likeness (QED) is 0.345. The highest BCUT2D eigenvalue weighted by atomic mass is 28.4. The zero-order valence-corrected chi connectivity index (χ0v) is 24.2. The third kappa shape index (κ3) is 5.77. The molecule has 1 amide bonds. The van der Waals surface area contributed by atoms with E-state index in [1.807, 2.05) is 52.8 Å². The number of nitrogens with zero attached hydrogens (tertiary/aromatic N) is 1. The molecule has 36 heavy (non-hydrogen) atoms. The van der Waals surface area contributed by atoms with E-state index in [1.165, 1.54) is 10.4 Å². The highest BCUT2D eigenvalue weighted by Gasteiger charge is 2.55. The summed E-state index contributed by atoms with van der Waals surface area (Å²) in [5.74, 6) is 0. The first-order valence-corrected chi connectivity index (χ1v) is 14.7. The number of hydrogen-bond acceptors (Lipinski definition) is 4. The molecule has 0 spiro atoms. The van der Waals surface area contributed by atoms with Crippen LogP contribution in [0, 0.1) is 0 Å². The monoisotopic (exact) mass is 509 g/mol. The third-order valence-electron chi connectivity index (χ3n) is 6.68. The van der Waals surface area contributed by atoms with Gasteiger partial charge in [-0.3, -0.25) is 4.90 Å². The minimum Gasteiger partial charge on any atom is -0.444 e. The van der Waals surface area contributed by atoms with E-state index in [-0.39, 0.29) is 17.2 Å². The Morgan fingerprint density at radius 2 is 1.56 bits per heavy atom.